The van der Waals surface area contributed by atoms with Crippen molar-refractivity contribution >= 4 is 0 Å². The Labute approximate surface area is 197 Å². The Hall–Kier alpha value is -0.410. The molecule has 0 aromatic rings. The summed E-state index contributed by atoms with van der Waals surface area (Å²) in [6.07, 6.45) is 14.1. The molecule has 3 heteroatoms. The fourth-order valence-electron chi connectivity index (χ4n) is 8.81. The molecular weight excluding hydrogens is 398 g/mol. The van der Waals surface area contributed by atoms with Crippen LogP contribution in [0.2, 0.25) is 0 Å². The van der Waals surface area contributed by atoms with Crippen LogP contribution in [0.15, 0.2) is 11.1 Å². The van der Waals surface area contributed by atoms with Crippen molar-refractivity contribution in [3.05, 3.63) is 11.1 Å². The molecule has 0 spiro atoms. The maximum atomic E-state index is 14.3. The molecule has 0 amide bonds. The molecule has 32 heavy (non-hydrogen) atoms. The highest BCUT2D eigenvalue weighted by Gasteiger charge is 2.56. The van der Waals surface area contributed by atoms with Gasteiger partial charge in [-0.3, -0.25) is 4.39 Å². The van der Waals surface area contributed by atoms with Gasteiger partial charge in [0, 0.05) is 13.0 Å². The number of hydrogen-bond donors (Lipinski definition) is 0. The van der Waals surface area contributed by atoms with Crippen molar-refractivity contribution in [1.29, 1.82) is 0 Å². The lowest BCUT2D eigenvalue weighted by Gasteiger charge is -2.54. The normalized spacial score (nSPS) is 40.2. The van der Waals surface area contributed by atoms with E-state index in [0.29, 0.717) is 12.2 Å². The van der Waals surface area contributed by atoms with E-state index in [-0.39, 0.29) is 18.7 Å². The summed E-state index contributed by atoms with van der Waals surface area (Å²) >= 11 is 0. The second-order valence-corrected chi connectivity index (χ2v) is 12.5. The number of methoxy groups -OCH3 is 1. The molecule has 0 bridgehead atoms. The van der Waals surface area contributed by atoms with Crippen LogP contribution in [0.1, 0.15) is 98.3 Å². The van der Waals surface area contributed by atoms with Crippen LogP contribution in [0.3, 0.4) is 0 Å². The van der Waals surface area contributed by atoms with E-state index in [1.165, 1.54) is 50.5 Å². The van der Waals surface area contributed by atoms with E-state index in [1.54, 1.807) is 12.7 Å². The van der Waals surface area contributed by atoms with Crippen molar-refractivity contribution in [3.63, 3.8) is 0 Å². The molecule has 2 saturated carbocycles. The van der Waals surface area contributed by atoms with Crippen molar-refractivity contribution in [1.82, 2.24) is 0 Å². The molecule has 2 fully saturated rings. The predicted molar refractivity (Wildman–Crippen MR) is 130 cm³/mol. The van der Waals surface area contributed by atoms with Gasteiger partial charge < -0.3 is 9.47 Å². The predicted octanol–water partition coefficient (Wildman–Crippen LogP) is 7.97. The van der Waals surface area contributed by atoms with E-state index >= 15 is 0 Å². The Morgan fingerprint density at radius 3 is 2.59 bits per heavy atom. The molecule has 184 valence electrons. The summed E-state index contributed by atoms with van der Waals surface area (Å²) in [7, 11) is 1.68. The fourth-order valence-corrected chi connectivity index (χ4v) is 8.81. The zero-order chi connectivity index (χ0) is 22.9. The Bertz CT molecular complexity index is 658. The summed E-state index contributed by atoms with van der Waals surface area (Å²) in [5.74, 6) is 4.93. The number of hydrogen-bond acceptors (Lipinski definition) is 2. The quantitative estimate of drug-likeness (QED) is 0.263. The Kier molecular flexibility index (Phi) is 8.08. The van der Waals surface area contributed by atoms with Crippen molar-refractivity contribution < 1.29 is 13.9 Å². The third-order valence-electron chi connectivity index (χ3n) is 10.3. The Balaban J connectivity index is 1.48. The number of halogens is 1. The van der Waals surface area contributed by atoms with E-state index < -0.39 is 0 Å². The topological polar surface area (TPSA) is 18.5 Å². The van der Waals surface area contributed by atoms with Crippen LogP contribution in [0.4, 0.5) is 4.39 Å². The average molecular weight is 448 g/mol. The zero-order valence-corrected chi connectivity index (χ0v) is 21.5. The van der Waals surface area contributed by atoms with Gasteiger partial charge in [-0.25, -0.2) is 0 Å². The molecule has 0 aliphatic heterocycles. The molecule has 0 saturated heterocycles. The largest absolute Gasteiger partial charge is 0.359 e. The number of alkyl halides is 1. The highest BCUT2D eigenvalue weighted by Crippen LogP contribution is 2.65. The second-order valence-electron chi connectivity index (χ2n) is 12.5. The first-order chi connectivity index (χ1) is 15.4. The molecule has 0 aromatic carbocycles. The van der Waals surface area contributed by atoms with Gasteiger partial charge in [0.15, 0.2) is 0 Å². The molecular formula is C29H49FO2. The van der Waals surface area contributed by atoms with E-state index in [2.05, 4.69) is 27.7 Å². The summed E-state index contributed by atoms with van der Waals surface area (Å²) < 4.78 is 25.4. The standard InChI is InChI=1S/C29H49FO2/c1-19(2)7-6-8-20(3)27-11-12-28-26-15-21(17-30)25-16-22(32-18-31-5)9-10-23(25)24(26)13-14-29(27,28)4/h19-22,24,26-28H,6-18H2,1-5H3/t20-,21?,22+,24-,26-,27-,28+,29-/m1/s1/i30-1. The molecule has 2 nitrogen and oxygen atoms in total. The Morgan fingerprint density at radius 2 is 1.88 bits per heavy atom. The molecule has 0 aromatic heterocycles. The first kappa shape index (κ1) is 24.7. The van der Waals surface area contributed by atoms with E-state index in [4.69, 9.17) is 9.47 Å². The zero-order valence-electron chi connectivity index (χ0n) is 21.5. The average Bonchev–Trinajstić information content (AvgIpc) is 3.14. The molecule has 8 atom stereocenters. The first-order valence-electron chi connectivity index (χ1n) is 13.8. The lowest BCUT2D eigenvalue weighted by molar-refractivity contribution is -0.0790. The van der Waals surface area contributed by atoms with Gasteiger partial charge >= 0.3 is 0 Å². The van der Waals surface area contributed by atoms with Crippen LogP contribution >= 0.6 is 0 Å². The molecule has 4 aliphatic rings. The van der Waals surface area contributed by atoms with Crippen LogP contribution in [-0.4, -0.2) is 26.7 Å². The number of rotatable bonds is 9. The third kappa shape index (κ3) is 4.72. The van der Waals surface area contributed by atoms with Gasteiger partial charge in [0.05, 0.1) is 12.8 Å². The SMILES string of the molecule is COCO[C@H]1CCC2=C(C1)C(C[18F])C[C@@H]1[C@@H]2CC[C@]2(C)[C@@H]([C@H](C)CCCC(C)C)CC[C@@H]12. The van der Waals surface area contributed by atoms with Crippen molar-refractivity contribution in [2.75, 3.05) is 20.6 Å². The number of allylic oxidation sites excluding steroid dienone is 1. The number of ether oxygens (including phenoxy) is 2. The van der Waals surface area contributed by atoms with E-state index in [9.17, 15) is 4.39 Å². The summed E-state index contributed by atoms with van der Waals surface area (Å²) in [6.45, 7) is 10.0. The molecule has 0 N–H and O–H groups in total. The minimum absolute atomic E-state index is 0.144. The molecule has 0 radical (unpaired) electrons. The lowest BCUT2D eigenvalue weighted by atomic mass is 9.51. The summed E-state index contributed by atoms with van der Waals surface area (Å²) in [5, 5.41) is 0. The molecule has 1 unspecified atom stereocenters. The molecule has 0 heterocycles. The van der Waals surface area contributed by atoms with Crippen molar-refractivity contribution in [2.45, 2.75) is 104 Å². The monoisotopic (exact) mass is 447 g/mol. The van der Waals surface area contributed by atoms with Gasteiger partial charge in [-0.1, -0.05) is 58.1 Å². The van der Waals surface area contributed by atoms with Gasteiger partial charge in [-0.15, -0.1) is 0 Å². The smallest absolute Gasteiger partial charge is 0.146 e. The highest BCUT2D eigenvalue weighted by atomic mass is 18.2. The van der Waals surface area contributed by atoms with Crippen LogP contribution in [0.25, 0.3) is 0 Å². The van der Waals surface area contributed by atoms with Crippen LogP contribution in [0, 0.1) is 46.8 Å². The van der Waals surface area contributed by atoms with Gasteiger partial charge in [0.1, 0.15) is 6.79 Å². The minimum Gasteiger partial charge on any atom is -0.359 e. The highest BCUT2D eigenvalue weighted by molar-refractivity contribution is 5.29. The number of fused-ring (bicyclic) bond motifs is 4. The summed E-state index contributed by atoms with van der Waals surface area (Å²) in [6, 6.07) is 0. The third-order valence-corrected chi connectivity index (χ3v) is 10.3. The summed E-state index contributed by atoms with van der Waals surface area (Å²) in [5.41, 5.74) is 3.59. The molecule has 4 aliphatic carbocycles. The van der Waals surface area contributed by atoms with Crippen molar-refractivity contribution in [2.24, 2.45) is 46.8 Å². The van der Waals surface area contributed by atoms with Crippen molar-refractivity contribution in [3.8, 4) is 0 Å². The van der Waals surface area contributed by atoms with Crippen LogP contribution < -0.4 is 0 Å². The fraction of sp³-hybridized carbons (Fsp3) is 0.931. The van der Waals surface area contributed by atoms with E-state index in [0.717, 1.165) is 61.2 Å². The van der Waals surface area contributed by atoms with Crippen LogP contribution in [-0.2, 0) is 9.47 Å². The minimum atomic E-state index is -0.183. The van der Waals surface area contributed by atoms with Gasteiger partial charge in [-0.05, 0) is 92.3 Å². The lowest BCUT2D eigenvalue weighted by Crippen LogP contribution is -2.47. The van der Waals surface area contributed by atoms with Gasteiger partial charge in [0.25, 0.3) is 0 Å². The maximum absolute atomic E-state index is 14.3. The van der Waals surface area contributed by atoms with E-state index in [1.807, 2.05) is 0 Å². The summed E-state index contributed by atoms with van der Waals surface area (Å²) in [4.78, 5) is 0. The van der Waals surface area contributed by atoms with Gasteiger partial charge in [-0.2, -0.15) is 0 Å². The first-order valence-corrected chi connectivity index (χ1v) is 13.8. The van der Waals surface area contributed by atoms with Gasteiger partial charge in [0.2, 0.25) is 0 Å². The second kappa shape index (κ2) is 10.5. The van der Waals surface area contributed by atoms with Crippen LogP contribution in [0.5, 0.6) is 0 Å². The maximum Gasteiger partial charge on any atom is 0.146 e. The Morgan fingerprint density at radius 1 is 1.06 bits per heavy atom. The molecule has 4 rings (SSSR count).